The van der Waals surface area contributed by atoms with Crippen LogP contribution in [-0.2, 0) is 4.79 Å². The zero-order chi connectivity index (χ0) is 17.9. The van der Waals surface area contributed by atoms with E-state index in [0.717, 1.165) is 48.5 Å². The van der Waals surface area contributed by atoms with Gasteiger partial charge >= 0.3 is 0 Å². The summed E-state index contributed by atoms with van der Waals surface area (Å²) in [5, 5.41) is 0. The van der Waals surface area contributed by atoms with E-state index in [4.69, 9.17) is 4.42 Å². The number of para-hydroxylation sites is 2. The molecule has 26 heavy (non-hydrogen) atoms. The van der Waals surface area contributed by atoms with Crippen molar-refractivity contribution in [1.29, 1.82) is 0 Å². The van der Waals surface area contributed by atoms with Gasteiger partial charge in [0.25, 0.3) is 0 Å². The number of fused-ring (bicyclic) bond motifs is 1. The number of rotatable bonds is 3. The summed E-state index contributed by atoms with van der Waals surface area (Å²) in [7, 11) is 0. The second kappa shape index (κ2) is 7.16. The SMILES string of the molecule is Cc1ccc(/C=C/C(=O)N2CCC(c3nc4ccccc4o3)CC2)cc1. The number of carbonyl (C=O) groups is 1. The van der Waals surface area contributed by atoms with Gasteiger partial charge in [0, 0.05) is 25.1 Å². The number of aryl methyl sites for hydroxylation is 1. The summed E-state index contributed by atoms with van der Waals surface area (Å²) in [4.78, 5) is 18.9. The van der Waals surface area contributed by atoms with Gasteiger partial charge in [0.2, 0.25) is 5.91 Å². The minimum atomic E-state index is 0.0709. The van der Waals surface area contributed by atoms with E-state index >= 15 is 0 Å². The van der Waals surface area contributed by atoms with E-state index in [9.17, 15) is 4.79 Å². The minimum Gasteiger partial charge on any atom is -0.440 e. The first-order chi connectivity index (χ1) is 12.7. The summed E-state index contributed by atoms with van der Waals surface area (Å²) in [5.74, 6) is 1.16. The molecule has 2 heterocycles. The molecule has 2 aromatic carbocycles. The molecule has 4 heteroatoms. The maximum absolute atomic E-state index is 12.4. The second-order valence-electron chi connectivity index (χ2n) is 6.86. The molecule has 1 fully saturated rings. The van der Waals surface area contributed by atoms with Gasteiger partial charge < -0.3 is 9.32 Å². The summed E-state index contributed by atoms with van der Waals surface area (Å²) in [6.07, 6.45) is 5.33. The zero-order valence-electron chi connectivity index (χ0n) is 14.9. The van der Waals surface area contributed by atoms with Crippen molar-refractivity contribution in [3.8, 4) is 0 Å². The van der Waals surface area contributed by atoms with Crippen LogP contribution in [0.1, 0.15) is 35.8 Å². The lowest BCUT2D eigenvalue weighted by atomic mass is 9.96. The van der Waals surface area contributed by atoms with Crippen LogP contribution in [0.4, 0.5) is 0 Å². The average molecular weight is 346 g/mol. The topological polar surface area (TPSA) is 46.3 Å². The van der Waals surface area contributed by atoms with Gasteiger partial charge in [-0.1, -0.05) is 42.0 Å². The average Bonchev–Trinajstić information content (AvgIpc) is 3.12. The molecule has 132 valence electrons. The highest BCUT2D eigenvalue weighted by molar-refractivity contribution is 5.91. The number of piperidine rings is 1. The Morgan fingerprint density at radius 1 is 1.12 bits per heavy atom. The highest BCUT2D eigenvalue weighted by atomic mass is 16.3. The zero-order valence-corrected chi connectivity index (χ0v) is 14.9. The lowest BCUT2D eigenvalue weighted by Gasteiger charge is -2.29. The molecule has 4 nitrogen and oxygen atoms in total. The number of likely N-dealkylation sites (tertiary alicyclic amines) is 1. The number of hydrogen-bond donors (Lipinski definition) is 0. The standard InChI is InChI=1S/C22H22N2O2/c1-16-6-8-17(9-7-16)10-11-21(25)24-14-12-18(13-15-24)22-23-19-4-2-3-5-20(19)26-22/h2-11,18H,12-15H2,1H3/b11-10+. The molecular formula is C22H22N2O2. The fourth-order valence-corrected chi connectivity index (χ4v) is 3.36. The van der Waals surface area contributed by atoms with Crippen LogP contribution in [0, 0.1) is 6.92 Å². The molecule has 0 atom stereocenters. The first kappa shape index (κ1) is 16.6. The summed E-state index contributed by atoms with van der Waals surface area (Å²) < 4.78 is 5.89. The number of hydrogen-bond acceptors (Lipinski definition) is 3. The van der Waals surface area contributed by atoms with Gasteiger partial charge in [-0.3, -0.25) is 4.79 Å². The van der Waals surface area contributed by atoms with Crippen LogP contribution in [0.15, 0.2) is 59.0 Å². The predicted molar refractivity (Wildman–Crippen MR) is 103 cm³/mol. The Morgan fingerprint density at radius 3 is 2.58 bits per heavy atom. The predicted octanol–water partition coefficient (Wildman–Crippen LogP) is 4.56. The van der Waals surface area contributed by atoms with Crippen LogP contribution in [0.5, 0.6) is 0 Å². The Hall–Kier alpha value is -2.88. The molecule has 1 aliphatic rings. The van der Waals surface area contributed by atoms with Crippen molar-refractivity contribution >= 4 is 23.1 Å². The highest BCUT2D eigenvalue weighted by Gasteiger charge is 2.26. The van der Waals surface area contributed by atoms with Crippen molar-refractivity contribution in [3.63, 3.8) is 0 Å². The summed E-state index contributed by atoms with van der Waals surface area (Å²) in [6, 6.07) is 16.0. The van der Waals surface area contributed by atoms with Crippen LogP contribution in [0.25, 0.3) is 17.2 Å². The van der Waals surface area contributed by atoms with E-state index in [1.165, 1.54) is 5.56 Å². The molecule has 4 rings (SSSR count). The monoisotopic (exact) mass is 346 g/mol. The van der Waals surface area contributed by atoms with Crippen LogP contribution in [0.2, 0.25) is 0 Å². The van der Waals surface area contributed by atoms with Gasteiger partial charge in [0.05, 0.1) is 0 Å². The van der Waals surface area contributed by atoms with Gasteiger partial charge in [-0.15, -0.1) is 0 Å². The van der Waals surface area contributed by atoms with E-state index in [2.05, 4.69) is 24.0 Å². The molecule has 1 amide bonds. The van der Waals surface area contributed by atoms with Gasteiger partial charge in [-0.2, -0.15) is 0 Å². The molecule has 1 aliphatic heterocycles. The smallest absolute Gasteiger partial charge is 0.246 e. The van der Waals surface area contributed by atoms with Crippen molar-refractivity contribution < 1.29 is 9.21 Å². The maximum Gasteiger partial charge on any atom is 0.246 e. The number of benzene rings is 2. The van der Waals surface area contributed by atoms with Crippen molar-refractivity contribution in [2.75, 3.05) is 13.1 Å². The molecule has 3 aromatic rings. The van der Waals surface area contributed by atoms with Crippen LogP contribution in [-0.4, -0.2) is 28.9 Å². The van der Waals surface area contributed by atoms with Crippen molar-refractivity contribution in [3.05, 3.63) is 71.6 Å². The van der Waals surface area contributed by atoms with Crippen LogP contribution in [0.3, 0.4) is 0 Å². The highest BCUT2D eigenvalue weighted by Crippen LogP contribution is 2.30. The van der Waals surface area contributed by atoms with Gasteiger partial charge in [-0.25, -0.2) is 4.98 Å². The van der Waals surface area contributed by atoms with E-state index < -0.39 is 0 Å². The van der Waals surface area contributed by atoms with Crippen LogP contribution < -0.4 is 0 Å². The Labute approximate surface area is 153 Å². The van der Waals surface area contributed by atoms with Gasteiger partial charge in [0.1, 0.15) is 5.52 Å². The van der Waals surface area contributed by atoms with E-state index in [-0.39, 0.29) is 11.8 Å². The fraction of sp³-hybridized carbons (Fsp3) is 0.273. The summed E-state index contributed by atoms with van der Waals surface area (Å²) in [5.41, 5.74) is 4.00. The molecule has 0 N–H and O–H groups in total. The lowest BCUT2D eigenvalue weighted by Crippen LogP contribution is -2.36. The minimum absolute atomic E-state index is 0.0709. The fourth-order valence-electron chi connectivity index (χ4n) is 3.36. The van der Waals surface area contributed by atoms with Crippen LogP contribution >= 0.6 is 0 Å². The molecule has 0 spiro atoms. The number of aromatic nitrogens is 1. The van der Waals surface area contributed by atoms with E-state index in [0.29, 0.717) is 0 Å². The molecular weight excluding hydrogens is 324 g/mol. The van der Waals surface area contributed by atoms with Crippen molar-refractivity contribution in [2.45, 2.75) is 25.7 Å². The van der Waals surface area contributed by atoms with E-state index in [1.807, 2.05) is 47.4 Å². The number of nitrogens with zero attached hydrogens (tertiary/aromatic N) is 2. The van der Waals surface area contributed by atoms with Gasteiger partial charge in [-0.05, 0) is 43.5 Å². The largest absolute Gasteiger partial charge is 0.440 e. The molecule has 0 unspecified atom stereocenters. The first-order valence-corrected chi connectivity index (χ1v) is 9.08. The third-order valence-electron chi connectivity index (χ3n) is 4.96. The quantitative estimate of drug-likeness (QED) is 0.653. The molecule has 0 saturated carbocycles. The number of oxazole rings is 1. The molecule has 1 saturated heterocycles. The van der Waals surface area contributed by atoms with E-state index in [1.54, 1.807) is 6.08 Å². The van der Waals surface area contributed by atoms with Crippen molar-refractivity contribution in [1.82, 2.24) is 9.88 Å². The number of amides is 1. The van der Waals surface area contributed by atoms with Crippen molar-refractivity contribution in [2.24, 2.45) is 0 Å². The third-order valence-corrected chi connectivity index (χ3v) is 4.96. The Balaban J connectivity index is 1.36. The first-order valence-electron chi connectivity index (χ1n) is 9.08. The molecule has 0 bridgehead atoms. The number of carbonyl (C=O) groups excluding carboxylic acids is 1. The normalized spacial score (nSPS) is 15.8. The third kappa shape index (κ3) is 3.54. The summed E-state index contributed by atoms with van der Waals surface area (Å²) in [6.45, 7) is 3.53. The van der Waals surface area contributed by atoms with Gasteiger partial charge in [0.15, 0.2) is 11.5 Å². The Kier molecular flexibility index (Phi) is 4.57. The second-order valence-corrected chi connectivity index (χ2v) is 6.86. The Morgan fingerprint density at radius 2 is 1.85 bits per heavy atom. The molecule has 0 radical (unpaired) electrons. The molecule has 1 aromatic heterocycles. The maximum atomic E-state index is 12.4. The molecule has 0 aliphatic carbocycles. The Bertz CT molecular complexity index is 899. The lowest BCUT2D eigenvalue weighted by molar-refractivity contribution is -0.127. The summed E-state index contributed by atoms with van der Waals surface area (Å²) >= 11 is 0.